The number of para-hydroxylation sites is 2. The number of nitrogens with one attached hydrogen (secondary N) is 2. The number of anilines is 1. The van der Waals surface area contributed by atoms with Gasteiger partial charge in [0.05, 0.1) is 19.8 Å². The molecule has 0 saturated carbocycles. The molecule has 0 aliphatic heterocycles. The van der Waals surface area contributed by atoms with Gasteiger partial charge in [0.25, 0.3) is 10.0 Å². The molecule has 2 amide bonds. The number of methoxy groups -OCH3 is 2. The molecular weight excluding hydrogens is 476 g/mol. The van der Waals surface area contributed by atoms with Gasteiger partial charge in [0, 0.05) is 6.07 Å². The van der Waals surface area contributed by atoms with E-state index in [0.717, 1.165) is 13.2 Å². The van der Waals surface area contributed by atoms with E-state index in [1.807, 2.05) is 0 Å². The average Bonchev–Trinajstić information content (AvgIpc) is 2.78. The third kappa shape index (κ3) is 5.87. The predicted molar refractivity (Wildman–Crippen MR) is 117 cm³/mol. The van der Waals surface area contributed by atoms with E-state index in [4.69, 9.17) is 21.1 Å². The zero-order valence-corrected chi connectivity index (χ0v) is 18.8. The molecular formula is C20H17ClN4O7S. The fourth-order valence-electron chi connectivity index (χ4n) is 2.60. The number of carbonyl (C=O) groups is 2. The van der Waals surface area contributed by atoms with Crippen molar-refractivity contribution in [3.8, 4) is 17.4 Å². The molecule has 0 saturated heterocycles. The Bertz CT molecular complexity index is 1300. The summed E-state index contributed by atoms with van der Waals surface area (Å²) >= 11 is 5.97. The molecule has 2 N–H and O–H groups in total. The smallest absolute Gasteiger partial charge is 0.339 e. The van der Waals surface area contributed by atoms with Crippen molar-refractivity contribution in [2.45, 2.75) is 4.90 Å². The monoisotopic (exact) mass is 492 g/mol. The molecule has 0 fully saturated rings. The summed E-state index contributed by atoms with van der Waals surface area (Å²) in [5.74, 6) is -0.496. The first-order valence-corrected chi connectivity index (χ1v) is 11.0. The fraction of sp³-hybridized carbons (Fsp3) is 0.100. The number of rotatable bonds is 7. The van der Waals surface area contributed by atoms with E-state index in [2.05, 4.69) is 20.0 Å². The van der Waals surface area contributed by atoms with Gasteiger partial charge in [0.15, 0.2) is 11.5 Å². The molecule has 1 heterocycles. The Morgan fingerprint density at radius 1 is 0.970 bits per heavy atom. The van der Waals surface area contributed by atoms with Crippen molar-refractivity contribution in [1.29, 1.82) is 0 Å². The van der Waals surface area contributed by atoms with Crippen LogP contribution in [-0.2, 0) is 14.8 Å². The number of ether oxygens (including phenoxy) is 3. The van der Waals surface area contributed by atoms with Gasteiger partial charge in [-0.15, -0.1) is 0 Å². The van der Waals surface area contributed by atoms with Crippen LogP contribution in [-0.4, -0.2) is 44.6 Å². The molecule has 0 bridgehead atoms. The Labute approximate surface area is 193 Å². The minimum Gasteiger partial charge on any atom is -0.493 e. The summed E-state index contributed by atoms with van der Waals surface area (Å²) in [6.45, 7) is 0. The number of sulfonamides is 1. The number of nitrogens with zero attached hydrogens (tertiary/aromatic N) is 2. The summed E-state index contributed by atoms with van der Waals surface area (Å²) in [6.07, 6.45) is 0. The number of benzene rings is 2. The van der Waals surface area contributed by atoms with Crippen molar-refractivity contribution in [3.05, 3.63) is 65.3 Å². The number of urea groups is 1. The molecule has 0 unspecified atom stereocenters. The largest absolute Gasteiger partial charge is 0.493 e. The fourth-order valence-corrected chi connectivity index (χ4v) is 3.88. The molecule has 0 spiro atoms. The van der Waals surface area contributed by atoms with Crippen molar-refractivity contribution in [1.82, 2.24) is 14.7 Å². The Morgan fingerprint density at radius 3 is 2.33 bits per heavy atom. The normalized spacial score (nSPS) is 10.8. The minimum absolute atomic E-state index is 0.0336. The van der Waals surface area contributed by atoms with Gasteiger partial charge in [-0.25, -0.2) is 27.7 Å². The Balaban J connectivity index is 1.79. The first kappa shape index (κ1) is 23.8. The van der Waals surface area contributed by atoms with Gasteiger partial charge in [-0.3, -0.25) is 5.32 Å². The quantitative estimate of drug-likeness (QED) is 0.374. The molecule has 0 aliphatic rings. The molecule has 0 atom stereocenters. The molecule has 3 aromatic rings. The molecule has 172 valence electrons. The van der Waals surface area contributed by atoms with Crippen LogP contribution in [0, 0.1) is 0 Å². The summed E-state index contributed by atoms with van der Waals surface area (Å²) in [6, 6.07) is 12.1. The van der Waals surface area contributed by atoms with Crippen LogP contribution in [0.1, 0.15) is 10.4 Å². The summed E-state index contributed by atoms with van der Waals surface area (Å²) in [5.41, 5.74) is -0.244. The second-order valence-corrected chi connectivity index (χ2v) is 8.19. The molecule has 1 aromatic heterocycles. The summed E-state index contributed by atoms with van der Waals surface area (Å²) < 4.78 is 42.4. The van der Waals surface area contributed by atoms with E-state index in [1.165, 1.54) is 31.4 Å². The van der Waals surface area contributed by atoms with Gasteiger partial charge >= 0.3 is 12.0 Å². The highest BCUT2D eigenvalue weighted by molar-refractivity contribution is 7.90. The van der Waals surface area contributed by atoms with Crippen molar-refractivity contribution < 1.29 is 32.2 Å². The lowest BCUT2D eigenvalue weighted by Crippen LogP contribution is -2.35. The van der Waals surface area contributed by atoms with E-state index >= 15 is 0 Å². The van der Waals surface area contributed by atoms with Crippen LogP contribution < -0.4 is 19.5 Å². The lowest BCUT2D eigenvalue weighted by Gasteiger charge is -2.12. The molecule has 3 rings (SSSR count). The first-order chi connectivity index (χ1) is 15.7. The number of hydrogen-bond donors (Lipinski definition) is 2. The lowest BCUT2D eigenvalue weighted by molar-refractivity contribution is 0.0596. The third-order valence-corrected chi connectivity index (χ3v) is 5.57. The Kier molecular flexibility index (Phi) is 7.30. The number of carbonyl (C=O) groups excluding carboxylic acids is 2. The van der Waals surface area contributed by atoms with Crippen molar-refractivity contribution in [2.75, 3.05) is 19.5 Å². The lowest BCUT2D eigenvalue weighted by atomic mass is 10.2. The number of amides is 2. The molecule has 2 aromatic carbocycles. The molecule has 33 heavy (non-hydrogen) atoms. The zero-order chi connectivity index (χ0) is 24.0. The number of aromatic nitrogens is 2. The Hall–Kier alpha value is -3.90. The maximum Gasteiger partial charge on any atom is 0.339 e. The van der Waals surface area contributed by atoms with Crippen molar-refractivity contribution >= 4 is 39.6 Å². The summed E-state index contributed by atoms with van der Waals surface area (Å²) in [5, 5.41) is 2.08. The van der Waals surface area contributed by atoms with Crippen LogP contribution >= 0.6 is 11.6 Å². The Morgan fingerprint density at radius 2 is 1.64 bits per heavy atom. The van der Waals surface area contributed by atoms with E-state index in [0.29, 0.717) is 11.5 Å². The standard InChI is InChI=1S/C20H17ClN4O7S/c1-30-13-8-4-5-9-14(13)32-17-11-16(21)22-19(23-17)24-20(27)25-33(28,29)15-10-6-3-7-12(15)18(26)31-2/h3-11H,1-2H3,(H2,22,23,24,25,27). The SMILES string of the molecule is COC(=O)c1ccccc1S(=O)(=O)NC(=O)Nc1nc(Cl)cc(Oc2ccccc2OC)n1. The van der Waals surface area contributed by atoms with Crippen molar-refractivity contribution in [2.24, 2.45) is 0 Å². The second-order valence-electron chi connectivity index (χ2n) is 6.15. The van der Waals surface area contributed by atoms with Crippen LogP contribution in [0.5, 0.6) is 17.4 Å². The number of halogens is 1. The maximum absolute atomic E-state index is 12.6. The number of esters is 1. The molecule has 13 heteroatoms. The van der Waals surface area contributed by atoms with Crippen LogP contribution in [0.15, 0.2) is 59.5 Å². The van der Waals surface area contributed by atoms with E-state index in [9.17, 15) is 18.0 Å². The summed E-state index contributed by atoms with van der Waals surface area (Å²) in [7, 11) is -1.87. The highest BCUT2D eigenvalue weighted by Gasteiger charge is 2.25. The van der Waals surface area contributed by atoms with E-state index < -0.39 is 26.9 Å². The maximum atomic E-state index is 12.6. The molecule has 0 aliphatic carbocycles. The predicted octanol–water partition coefficient (Wildman–Crippen LogP) is 3.23. The van der Waals surface area contributed by atoms with Crippen LogP contribution in [0.3, 0.4) is 0 Å². The third-order valence-electron chi connectivity index (χ3n) is 3.99. The van der Waals surface area contributed by atoms with Gasteiger partial charge < -0.3 is 14.2 Å². The highest BCUT2D eigenvalue weighted by atomic mass is 35.5. The molecule has 0 radical (unpaired) electrons. The topological polar surface area (TPSA) is 146 Å². The van der Waals surface area contributed by atoms with Gasteiger partial charge in [0.1, 0.15) is 10.0 Å². The van der Waals surface area contributed by atoms with Crippen LogP contribution in [0.2, 0.25) is 5.15 Å². The van der Waals surface area contributed by atoms with E-state index in [1.54, 1.807) is 29.0 Å². The second kappa shape index (κ2) is 10.1. The first-order valence-electron chi connectivity index (χ1n) is 9.10. The van der Waals surface area contributed by atoms with Crippen molar-refractivity contribution in [3.63, 3.8) is 0 Å². The number of hydrogen-bond acceptors (Lipinski definition) is 9. The van der Waals surface area contributed by atoms with E-state index in [-0.39, 0.29) is 22.5 Å². The average molecular weight is 493 g/mol. The van der Waals surface area contributed by atoms with Gasteiger partial charge in [-0.2, -0.15) is 4.98 Å². The minimum atomic E-state index is -4.44. The summed E-state index contributed by atoms with van der Waals surface area (Å²) in [4.78, 5) is 31.6. The highest BCUT2D eigenvalue weighted by Crippen LogP contribution is 2.31. The van der Waals surface area contributed by atoms with Crippen LogP contribution in [0.4, 0.5) is 10.7 Å². The van der Waals surface area contributed by atoms with Gasteiger partial charge in [-0.1, -0.05) is 35.9 Å². The van der Waals surface area contributed by atoms with Gasteiger partial charge in [-0.05, 0) is 24.3 Å². The molecule has 11 nitrogen and oxygen atoms in total. The van der Waals surface area contributed by atoms with Crippen LogP contribution in [0.25, 0.3) is 0 Å². The van der Waals surface area contributed by atoms with Gasteiger partial charge in [0.2, 0.25) is 11.8 Å². The zero-order valence-electron chi connectivity index (χ0n) is 17.2.